The molecule has 0 spiro atoms. The van der Waals surface area contributed by atoms with E-state index in [4.69, 9.17) is 0 Å². The molecule has 1 aliphatic heterocycles. The third-order valence-electron chi connectivity index (χ3n) is 4.92. The van der Waals surface area contributed by atoms with E-state index in [1.54, 1.807) is 30.3 Å². The van der Waals surface area contributed by atoms with E-state index in [9.17, 15) is 14.7 Å². The molecular formula is C24H18BrNO3. The molecule has 0 fully saturated rings. The van der Waals surface area contributed by atoms with Crippen LogP contribution >= 0.6 is 15.9 Å². The van der Waals surface area contributed by atoms with Gasteiger partial charge in [0.05, 0.1) is 6.04 Å². The number of amides is 1. The van der Waals surface area contributed by atoms with Gasteiger partial charge in [0.2, 0.25) is 5.91 Å². The fourth-order valence-corrected chi connectivity index (χ4v) is 4.01. The molecule has 0 bridgehead atoms. The highest BCUT2D eigenvalue weighted by Crippen LogP contribution is 2.37. The van der Waals surface area contributed by atoms with Crippen LogP contribution in [0.1, 0.15) is 11.1 Å². The standard InChI is InChI=1S/C24H18BrNO3/c25-17-10-11-20-19(14-17)22(16-6-2-1-3-7-16)23(24(29)26-20)21(28)12-9-15-5-4-8-18(27)13-15/h1-14,20,23,27H,(H,26,29)/b12-9+. The second-order valence-electron chi connectivity index (χ2n) is 6.87. The predicted octanol–water partition coefficient (Wildman–Crippen LogP) is 4.39. The summed E-state index contributed by atoms with van der Waals surface area (Å²) in [7, 11) is 0. The highest BCUT2D eigenvalue weighted by atomic mass is 79.9. The lowest BCUT2D eigenvalue weighted by Crippen LogP contribution is -2.47. The average Bonchev–Trinajstić information content (AvgIpc) is 2.72. The van der Waals surface area contributed by atoms with E-state index in [1.165, 1.54) is 6.08 Å². The van der Waals surface area contributed by atoms with Crippen LogP contribution in [0.3, 0.4) is 0 Å². The number of allylic oxidation sites excluding steroid dienone is 3. The van der Waals surface area contributed by atoms with Crippen LogP contribution in [0.5, 0.6) is 5.75 Å². The van der Waals surface area contributed by atoms with E-state index in [0.29, 0.717) is 11.1 Å². The predicted molar refractivity (Wildman–Crippen MR) is 117 cm³/mol. The van der Waals surface area contributed by atoms with Crippen LogP contribution in [0, 0.1) is 5.92 Å². The van der Waals surface area contributed by atoms with Crippen molar-refractivity contribution < 1.29 is 14.7 Å². The maximum absolute atomic E-state index is 13.1. The Kier molecular flexibility index (Phi) is 5.32. The molecular weight excluding hydrogens is 430 g/mol. The largest absolute Gasteiger partial charge is 0.508 e. The number of hydrogen-bond donors (Lipinski definition) is 2. The van der Waals surface area contributed by atoms with Crippen LogP contribution in [-0.4, -0.2) is 22.8 Å². The normalized spacial score (nSPS) is 21.0. The van der Waals surface area contributed by atoms with Crippen molar-refractivity contribution in [2.45, 2.75) is 6.04 Å². The fraction of sp³-hybridized carbons (Fsp3) is 0.0833. The van der Waals surface area contributed by atoms with E-state index >= 15 is 0 Å². The first-order chi connectivity index (χ1) is 14.0. The quantitative estimate of drug-likeness (QED) is 0.539. The molecule has 2 aliphatic rings. The van der Waals surface area contributed by atoms with E-state index in [0.717, 1.165) is 15.6 Å². The first kappa shape index (κ1) is 19.2. The molecule has 0 saturated carbocycles. The topological polar surface area (TPSA) is 66.4 Å². The van der Waals surface area contributed by atoms with E-state index in [1.807, 2.05) is 48.6 Å². The third-order valence-corrected chi connectivity index (χ3v) is 5.41. The molecule has 1 aliphatic carbocycles. The number of carbonyl (C=O) groups excluding carboxylic acids is 2. The van der Waals surface area contributed by atoms with Crippen molar-refractivity contribution in [2.24, 2.45) is 5.92 Å². The van der Waals surface area contributed by atoms with Gasteiger partial charge in [0.25, 0.3) is 0 Å². The van der Waals surface area contributed by atoms with Crippen molar-refractivity contribution in [3.05, 3.63) is 100 Å². The summed E-state index contributed by atoms with van der Waals surface area (Å²) in [5.74, 6) is -1.46. The van der Waals surface area contributed by atoms with E-state index < -0.39 is 5.92 Å². The van der Waals surface area contributed by atoms with Gasteiger partial charge in [0.1, 0.15) is 11.7 Å². The summed E-state index contributed by atoms with van der Waals surface area (Å²) in [4.78, 5) is 26.0. The van der Waals surface area contributed by atoms with Crippen LogP contribution in [0.25, 0.3) is 11.6 Å². The number of phenolic OH excluding ortho intramolecular Hbond substituents is 1. The van der Waals surface area contributed by atoms with Gasteiger partial charge in [-0.25, -0.2) is 0 Å². The number of nitrogens with one attached hydrogen (secondary N) is 1. The van der Waals surface area contributed by atoms with Gasteiger partial charge in [-0.2, -0.15) is 0 Å². The number of halogens is 1. The number of phenols is 1. The smallest absolute Gasteiger partial charge is 0.236 e. The van der Waals surface area contributed by atoms with Gasteiger partial charge in [0, 0.05) is 4.48 Å². The molecule has 29 heavy (non-hydrogen) atoms. The van der Waals surface area contributed by atoms with Crippen molar-refractivity contribution >= 4 is 39.3 Å². The molecule has 4 rings (SSSR count). The average molecular weight is 448 g/mol. The monoisotopic (exact) mass is 447 g/mol. The van der Waals surface area contributed by atoms with Gasteiger partial charge in [-0.05, 0) is 52.6 Å². The zero-order valence-corrected chi connectivity index (χ0v) is 17.0. The molecule has 2 aromatic carbocycles. The summed E-state index contributed by atoms with van der Waals surface area (Å²) in [6.07, 6.45) is 8.76. The van der Waals surface area contributed by atoms with E-state index in [2.05, 4.69) is 21.2 Å². The zero-order valence-electron chi connectivity index (χ0n) is 15.4. The first-order valence-corrected chi connectivity index (χ1v) is 9.98. The lowest BCUT2D eigenvalue weighted by atomic mass is 9.78. The Morgan fingerprint density at radius 2 is 1.90 bits per heavy atom. The molecule has 1 heterocycles. The Morgan fingerprint density at radius 3 is 2.66 bits per heavy atom. The summed E-state index contributed by atoms with van der Waals surface area (Å²) in [6.45, 7) is 0. The number of fused-ring (bicyclic) bond motifs is 1. The summed E-state index contributed by atoms with van der Waals surface area (Å²) in [5, 5.41) is 12.5. The minimum absolute atomic E-state index is 0.119. The van der Waals surface area contributed by atoms with Gasteiger partial charge < -0.3 is 10.4 Å². The Labute approximate surface area is 177 Å². The van der Waals surface area contributed by atoms with Crippen LogP contribution in [0.2, 0.25) is 0 Å². The van der Waals surface area contributed by atoms with Gasteiger partial charge in [-0.1, -0.05) is 70.5 Å². The maximum Gasteiger partial charge on any atom is 0.236 e. The van der Waals surface area contributed by atoms with Gasteiger partial charge in [0.15, 0.2) is 5.78 Å². The Hall–Kier alpha value is -3.18. The highest BCUT2D eigenvalue weighted by molar-refractivity contribution is 9.11. The van der Waals surface area contributed by atoms with E-state index in [-0.39, 0.29) is 23.5 Å². The third kappa shape index (κ3) is 4.00. The number of hydrogen-bond acceptors (Lipinski definition) is 3. The minimum Gasteiger partial charge on any atom is -0.508 e. The number of ketones is 1. The number of rotatable bonds is 4. The molecule has 0 aromatic heterocycles. The van der Waals surface area contributed by atoms with Crippen molar-refractivity contribution in [1.82, 2.24) is 5.32 Å². The molecule has 0 radical (unpaired) electrons. The molecule has 2 N–H and O–H groups in total. The molecule has 2 atom stereocenters. The Morgan fingerprint density at radius 1 is 1.10 bits per heavy atom. The van der Waals surface area contributed by atoms with Gasteiger partial charge >= 0.3 is 0 Å². The molecule has 2 aromatic rings. The van der Waals surface area contributed by atoms with Crippen molar-refractivity contribution in [1.29, 1.82) is 0 Å². The molecule has 144 valence electrons. The second kappa shape index (κ2) is 8.05. The summed E-state index contributed by atoms with van der Waals surface area (Å²) in [5.41, 5.74) is 3.14. The minimum atomic E-state index is -0.944. The number of carbonyl (C=O) groups is 2. The molecule has 0 saturated heterocycles. The van der Waals surface area contributed by atoms with Crippen molar-refractivity contribution in [2.75, 3.05) is 0 Å². The van der Waals surface area contributed by atoms with Crippen LogP contribution in [0.4, 0.5) is 0 Å². The molecule has 5 heteroatoms. The fourth-order valence-electron chi connectivity index (χ4n) is 3.61. The number of benzene rings is 2. The van der Waals surface area contributed by atoms with Gasteiger partial charge in [-0.15, -0.1) is 0 Å². The van der Waals surface area contributed by atoms with Crippen molar-refractivity contribution in [3.63, 3.8) is 0 Å². The Balaban J connectivity index is 1.78. The second-order valence-corrected chi connectivity index (χ2v) is 7.79. The van der Waals surface area contributed by atoms with Crippen LogP contribution in [-0.2, 0) is 9.59 Å². The van der Waals surface area contributed by atoms with Crippen LogP contribution in [0.15, 0.2) is 89.0 Å². The maximum atomic E-state index is 13.1. The van der Waals surface area contributed by atoms with Crippen LogP contribution < -0.4 is 5.32 Å². The Bertz CT molecular complexity index is 1100. The highest BCUT2D eigenvalue weighted by Gasteiger charge is 2.38. The first-order valence-electron chi connectivity index (χ1n) is 9.19. The summed E-state index contributed by atoms with van der Waals surface area (Å²) >= 11 is 3.50. The zero-order chi connectivity index (χ0) is 20.4. The SMILES string of the molecule is O=C(/C=C/c1cccc(O)c1)C1C(=O)NC2C=CC(Br)=CC2=C1c1ccccc1. The summed E-state index contributed by atoms with van der Waals surface area (Å²) < 4.78 is 0.884. The lowest BCUT2D eigenvalue weighted by Gasteiger charge is -2.32. The molecule has 1 amide bonds. The molecule has 2 unspecified atom stereocenters. The molecule has 4 nitrogen and oxygen atoms in total. The lowest BCUT2D eigenvalue weighted by molar-refractivity contribution is -0.129. The summed E-state index contributed by atoms with van der Waals surface area (Å²) in [6, 6.07) is 15.9. The number of aromatic hydroxyl groups is 1. The van der Waals surface area contributed by atoms with Crippen molar-refractivity contribution in [3.8, 4) is 5.75 Å². The van der Waals surface area contributed by atoms with Gasteiger partial charge in [-0.3, -0.25) is 9.59 Å².